The highest BCUT2D eigenvalue weighted by molar-refractivity contribution is 5.14. The highest BCUT2D eigenvalue weighted by Gasteiger charge is 2.51. The van der Waals surface area contributed by atoms with Crippen molar-refractivity contribution in [1.29, 1.82) is 5.26 Å². The van der Waals surface area contributed by atoms with Crippen LogP contribution in [0.15, 0.2) is 0 Å². The maximum absolute atomic E-state index is 10.7. The van der Waals surface area contributed by atoms with E-state index in [9.17, 15) is 10.4 Å². The first-order valence-corrected chi connectivity index (χ1v) is 6.07. The molecule has 0 spiro atoms. The van der Waals surface area contributed by atoms with Crippen LogP contribution in [0.4, 0.5) is 0 Å². The van der Waals surface area contributed by atoms with E-state index in [1.165, 1.54) is 0 Å². The summed E-state index contributed by atoms with van der Waals surface area (Å²) in [4.78, 5) is 0. The smallest absolute Gasteiger partial charge is 0.0860 e. The first-order chi connectivity index (χ1) is 7.22. The van der Waals surface area contributed by atoms with Gasteiger partial charge in [-0.25, -0.2) is 0 Å². The lowest BCUT2D eigenvalue weighted by Crippen LogP contribution is -2.46. The van der Waals surface area contributed by atoms with E-state index in [2.05, 4.69) is 11.4 Å². The largest absolute Gasteiger partial charge is 0.388 e. The molecular weight excluding hydrogens is 188 g/mol. The second kappa shape index (κ2) is 4.11. The third-order valence-electron chi connectivity index (χ3n) is 4.22. The summed E-state index contributed by atoms with van der Waals surface area (Å²) in [6.45, 7) is 1.82. The summed E-state index contributed by atoms with van der Waals surface area (Å²) < 4.78 is 0. The molecular formula is C12H20N2O. The van der Waals surface area contributed by atoms with Gasteiger partial charge in [0.2, 0.25) is 0 Å². The molecule has 0 aromatic heterocycles. The number of nitrogens with zero attached hydrogens (tertiary/aromatic N) is 1. The lowest BCUT2D eigenvalue weighted by Gasteiger charge is -2.39. The van der Waals surface area contributed by atoms with Gasteiger partial charge in [0.05, 0.1) is 17.1 Å². The summed E-state index contributed by atoms with van der Waals surface area (Å²) in [7, 11) is 0. The highest BCUT2D eigenvalue weighted by Crippen LogP contribution is 2.49. The molecule has 2 aliphatic rings. The Balaban J connectivity index is 2.21. The molecule has 1 aliphatic carbocycles. The van der Waals surface area contributed by atoms with Crippen LogP contribution >= 0.6 is 0 Å². The molecule has 1 saturated carbocycles. The predicted octanol–water partition coefficient (Wildman–Crippen LogP) is 1.57. The van der Waals surface area contributed by atoms with Crippen LogP contribution in [0, 0.1) is 16.7 Å². The number of nitriles is 1. The minimum absolute atomic E-state index is 0.445. The summed E-state index contributed by atoms with van der Waals surface area (Å²) in [6.07, 6.45) is 6.49. The van der Waals surface area contributed by atoms with Gasteiger partial charge in [-0.15, -0.1) is 0 Å². The zero-order valence-electron chi connectivity index (χ0n) is 9.26. The SMILES string of the molecule is N#CC1(C2(O)CCCNCC2)CCCC1. The number of hydrogen-bond acceptors (Lipinski definition) is 3. The van der Waals surface area contributed by atoms with Crippen molar-refractivity contribution >= 4 is 0 Å². The maximum Gasteiger partial charge on any atom is 0.0860 e. The van der Waals surface area contributed by atoms with Crippen molar-refractivity contribution in [2.45, 2.75) is 50.5 Å². The van der Waals surface area contributed by atoms with Crippen molar-refractivity contribution in [2.75, 3.05) is 13.1 Å². The van der Waals surface area contributed by atoms with Crippen LogP contribution in [0.25, 0.3) is 0 Å². The summed E-state index contributed by atoms with van der Waals surface area (Å²) in [5, 5.41) is 23.4. The van der Waals surface area contributed by atoms with E-state index in [1.807, 2.05) is 0 Å². The van der Waals surface area contributed by atoms with Gasteiger partial charge >= 0.3 is 0 Å². The summed E-state index contributed by atoms with van der Waals surface area (Å²) in [5.41, 5.74) is -1.18. The first kappa shape index (κ1) is 10.9. The topological polar surface area (TPSA) is 56.0 Å². The van der Waals surface area contributed by atoms with Gasteiger partial charge in [-0.3, -0.25) is 0 Å². The van der Waals surface area contributed by atoms with Gasteiger partial charge in [0.15, 0.2) is 0 Å². The Morgan fingerprint density at radius 3 is 2.40 bits per heavy atom. The molecule has 1 saturated heterocycles. The van der Waals surface area contributed by atoms with E-state index in [0.29, 0.717) is 0 Å². The van der Waals surface area contributed by atoms with Gasteiger partial charge in [0.1, 0.15) is 0 Å². The van der Waals surface area contributed by atoms with Crippen LogP contribution in [-0.2, 0) is 0 Å². The van der Waals surface area contributed by atoms with Crippen LogP contribution in [-0.4, -0.2) is 23.8 Å². The molecule has 2 fully saturated rings. The molecule has 1 atom stereocenters. The van der Waals surface area contributed by atoms with Gasteiger partial charge in [-0.05, 0) is 45.2 Å². The van der Waals surface area contributed by atoms with E-state index in [1.54, 1.807) is 0 Å². The van der Waals surface area contributed by atoms with Crippen molar-refractivity contribution < 1.29 is 5.11 Å². The Hall–Kier alpha value is -0.590. The van der Waals surface area contributed by atoms with Gasteiger partial charge in [-0.2, -0.15) is 5.26 Å². The van der Waals surface area contributed by atoms with Gasteiger partial charge < -0.3 is 10.4 Å². The molecule has 84 valence electrons. The molecule has 0 bridgehead atoms. The maximum atomic E-state index is 10.7. The number of nitrogens with one attached hydrogen (secondary N) is 1. The first-order valence-electron chi connectivity index (χ1n) is 6.07. The fourth-order valence-electron chi connectivity index (χ4n) is 3.19. The molecule has 1 heterocycles. The normalized spacial score (nSPS) is 35.7. The standard InChI is InChI=1S/C12H20N2O/c13-10-11(4-1-2-5-11)12(15)6-3-8-14-9-7-12/h14-15H,1-9H2. The van der Waals surface area contributed by atoms with Crippen LogP contribution in [0.5, 0.6) is 0 Å². The van der Waals surface area contributed by atoms with Crippen molar-refractivity contribution in [3.05, 3.63) is 0 Å². The average molecular weight is 208 g/mol. The number of aliphatic hydroxyl groups is 1. The minimum atomic E-state index is -0.734. The Bertz CT molecular complexity index is 255. The van der Waals surface area contributed by atoms with E-state index < -0.39 is 11.0 Å². The molecule has 0 aromatic carbocycles. The Morgan fingerprint density at radius 2 is 1.73 bits per heavy atom. The Kier molecular flexibility index (Phi) is 2.99. The zero-order valence-corrected chi connectivity index (χ0v) is 9.26. The second-order valence-electron chi connectivity index (χ2n) is 5.04. The molecule has 1 unspecified atom stereocenters. The van der Waals surface area contributed by atoms with Crippen LogP contribution in [0.2, 0.25) is 0 Å². The molecule has 3 heteroatoms. The van der Waals surface area contributed by atoms with E-state index >= 15 is 0 Å². The molecule has 3 nitrogen and oxygen atoms in total. The molecule has 0 aromatic rings. The Labute approximate surface area is 91.5 Å². The summed E-state index contributed by atoms with van der Waals surface area (Å²) in [5.74, 6) is 0. The van der Waals surface area contributed by atoms with Crippen LogP contribution in [0.3, 0.4) is 0 Å². The minimum Gasteiger partial charge on any atom is -0.388 e. The third kappa shape index (κ3) is 1.77. The second-order valence-corrected chi connectivity index (χ2v) is 5.04. The molecule has 0 amide bonds. The Morgan fingerprint density at radius 1 is 1.00 bits per heavy atom. The van der Waals surface area contributed by atoms with E-state index in [4.69, 9.17) is 0 Å². The number of hydrogen-bond donors (Lipinski definition) is 2. The lowest BCUT2D eigenvalue weighted by atomic mass is 9.68. The lowest BCUT2D eigenvalue weighted by molar-refractivity contribution is -0.0623. The molecule has 0 radical (unpaired) electrons. The molecule has 2 N–H and O–H groups in total. The van der Waals surface area contributed by atoms with E-state index in [-0.39, 0.29) is 0 Å². The van der Waals surface area contributed by atoms with Gasteiger partial charge in [0.25, 0.3) is 0 Å². The molecule has 1 aliphatic heterocycles. The van der Waals surface area contributed by atoms with Crippen LogP contribution < -0.4 is 5.32 Å². The third-order valence-corrected chi connectivity index (χ3v) is 4.22. The summed E-state index contributed by atoms with van der Waals surface area (Å²) in [6, 6.07) is 2.44. The zero-order chi connectivity index (χ0) is 10.8. The van der Waals surface area contributed by atoms with Gasteiger partial charge in [0, 0.05) is 0 Å². The summed E-state index contributed by atoms with van der Waals surface area (Å²) >= 11 is 0. The molecule has 15 heavy (non-hydrogen) atoms. The highest BCUT2D eigenvalue weighted by atomic mass is 16.3. The van der Waals surface area contributed by atoms with Crippen molar-refractivity contribution in [2.24, 2.45) is 5.41 Å². The fourth-order valence-corrected chi connectivity index (χ4v) is 3.19. The number of rotatable bonds is 1. The average Bonchev–Trinajstić information content (AvgIpc) is 2.64. The quantitative estimate of drug-likeness (QED) is 0.688. The van der Waals surface area contributed by atoms with Crippen molar-refractivity contribution in [3.8, 4) is 6.07 Å². The van der Waals surface area contributed by atoms with Crippen molar-refractivity contribution in [1.82, 2.24) is 5.32 Å². The van der Waals surface area contributed by atoms with Crippen LogP contribution in [0.1, 0.15) is 44.9 Å². The van der Waals surface area contributed by atoms with E-state index in [0.717, 1.165) is 58.0 Å². The predicted molar refractivity (Wildman–Crippen MR) is 58.2 cm³/mol. The van der Waals surface area contributed by atoms with Gasteiger partial charge in [-0.1, -0.05) is 12.8 Å². The molecule has 2 rings (SSSR count). The fraction of sp³-hybridized carbons (Fsp3) is 0.917. The van der Waals surface area contributed by atoms with Crippen molar-refractivity contribution in [3.63, 3.8) is 0 Å². The monoisotopic (exact) mass is 208 g/mol.